The lowest BCUT2D eigenvalue weighted by molar-refractivity contribution is 0.0342. The molecular weight excluding hydrogens is 164 g/mol. The lowest BCUT2D eigenvalue weighted by Gasteiger charge is -2.28. The summed E-state index contributed by atoms with van der Waals surface area (Å²) in [4.78, 5) is 5.00. The molecule has 2 rings (SSSR count). The highest BCUT2D eigenvalue weighted by Gasteiger charge is 2.25. The average Bonchev–Trinajstić information content (AvgIpc) is 2.99. The lowest BCUT2D eigenvalue weighted by atomic mass is 10.4. The number of likely N-dealkylation sites (N-methyl/N-ethyl adjacent to an activating group) is 1. The van der Waals surface area contributed by atoms with Gasteiger partial charge in [-0.05, 0) is 19.9 Å². The maximum Gasteiger partial charge on any atom is 0.0594 e. The first-order valence-electron chi connectivity index (χ1n) is 5.36. The molecule has 0 bridgehead atoms. The Hall–Kier alpha value is -0.120. The molecule has 1 saturated carbocycles. The second-order valence-corrected chi connectivity index (χ2v) is 4.17. The third-order valence-electron chi connectivity index (χ3n) is 3.04. The van der Waals surface area contributed by atoms with Gasteiger partial charge in [0.15, 0.2) is 0 Å². The van der Waals surface area contributed by atoms with E-state index in [-0.39, 0.29) is 0 Å². The Balaban J connectivity index is 1.60. The van der Waals surface area contributed by atoms with E-state index in [1.165, 1.54) is 25.9 Å². The molecule has 3 heteroatoms. The molecule has 0 amide bonds. The van der Waals surface area contributed by atoms with E-state index in [1.54, 1.807) is 0 Å². The fourth-order valence-corrected chi connectivity index (χ4v) is 1.82. The third kappa shape index (κ3) is 2.93. The topological polar surface area (TPSA) is 15.7 Å². The van der Waals surface area contributed by atoms with Crippen LogP contribution in [0.25, 0.3) is 0 Å². The molecule has 3 nitrogen and oxygen atoms in total. The van der Waals surface area contributed by atoms with Crippen LogP contribution < -0.4 is 0 Å². The molecule has 0 aromatic rings. The third-order valence-corrected chi connectivity index (χ3v) is 3.04. The molecule has 0 radical (unpaired) electrons. The van der Waals surface area contributed by atoms with E-state index in [1.807, 2.05) is 0 Å². The molecule has 0 spiro atoms. The monoisotopic (exact) mass is 184 g/mol. The maximum absolute atomic E-state index is 5.31. The van der Waals surface area contributed by atoms with Gasteiger partial charge in [0.1, 0.15) is 0 Å². The molecule has 0 atom stereocenters. The average molecular weight is 184 g/mol. The molecule has 1 heterocycles. The minimum Gasteiger partial charge on any atom is -0.379 e. The van der Waals surface area contributed by atoms with Crippen molar-refractivity contribution in [3.63, 3.8) is 0 Å². The van der Waals surface area contributed by atoms with Gasteiger partial charge in [0.25, 0.3) is 0 Å². The van der Waals surface area contributed by atoms with Crippen LogP contribution in [-0.4, -0.2) is 62.3 Å². The van der Waals surface area contributed by atoms with Crippen molar-refractivity contribution in [2.45, 2.75) is 18.9 Å². The van der Waals surface area contributed by atoms with Crippen molar-refractivity contribution in [3.8, 4) is 0 Å². The van der Waals surface area contributed by atoms with Crippen molar-refractivity contribution < 1.29 is 4.74 Å². The number of ether oxygens (including phenoxy) is 1. The summed E-state index contributed by atoms with van der Waals surface area (Å²) in [6.45, 7) is 6.54. The van der Waals surface area contributed by atoms with Gasteiger partial charge in [-0.15, -0.1) is 0 Å². The zero-order valence-corrected chi connectivity index (χ0v) is 8.54. The summed E-state index contributed by atoms with van der Waals surface area (Å²) >= 11 is 0. The summed E-state index contributed by atoms with van der Waals surface area (Å²) in [6, 6.07) is 0.904. The minimum absolute atomic E-state index is 0.904. The Morgan fingerprint density at radius 2 is 2.00 bits per heavy atom. The van der Waals surface area contributed by atoms with Gasteiger partial charge in [-0.3, -0.25) is 4.90 Å². The van der Waals surface area contributed by atoms with Crippen LogP contribution in [0.5, 0.6) is 0 Å². The molecule has 2 aliphatic rings. The lowest BCUT2D eigenvalue weighted by Crippen LogP contribution is -2.41. The zero-order valence-electron chi connectivity index (χ0n) is 8.54. The molecule has 76 valence electrons. The molecule has 0 unspecified atom stereocenters. The van der Waals surface area contributed by atoms with E-state index in [0.717, 1.165) is 32.3 Å². The van der Waals surface area contributed by atoms with E-state index in [0.29, 0.717) is 0 Å². The van der Waals surface area contributed by atoms with Gasteiger partial charge in [-0.1, -0.05) is 0 Å². The highest BCUT2D eigenvalue weighted by atomic mass is 16.5. The fourth-order valence-electron chi connectivity index (χ4n) is 1.82. The predicted octanol–water partition coefficient (Wildman–Crippen LogP) is 0.413. The van der Waals surface area contributed by atoms with Gasteiger partial charge in [-0.2, -0.15) is 0 Å². The van der Waals surface area contributed by atoms with Crippen LogP contribution in [0.3, 0.4) is 0 Å². The molecule has 1 saturated heterocycles. The summed E-state index contributed by atoms with van der Waals surface area (Å²) in [5.74, 6) is 0. The van der Waals surface area contributed by atoms with Crippen LogP contribution >= 0.6 is 0 Å². The van der Waals surface area contributed by atoms with Crippen molar-refractivity contribution in [2.24, 2.45) is 0 Å². The number of hydrogen-bond donors (Lipinski definition) is 0. The molecule has 0 aromatic carbocycles. The van der Waals surface area contributed by atoms with E-state index >= 15 is 0 Å². The minimum atomic E-state index is 0.904. The first-order chi connectivity index (χ1) is 6.36. The number of rotatable bonds is 4. The Kier molecular flexibility index (Phi) is 3.19. The molecule has 0 N–H and O–H groups in total. The van der Waals surface area contributed by atoms with Crippen LogP contribution in [0, 0.1) is 0 Å². The van der Waals surface area contributed by atoms with Crippen molar-refractivity contribution in [3.05, 3.63) is 0 Å². The summed E-state index contributed by atoms with van der Waals surface area (Å²) in [5.41, 5.74) is 0. The van der Waals surface area contributed by atoms with Gasteiger partial charge >= 0.3 is 0 Å². The molecule has 1 aliphatic heterocycles. The Labute approximate surface area is 80.6 Å². The van der Waals surface area contributed by atoms with Gasteiger partial charge < -0.3 is 9.64 Å². The fraction of sp³-hybridized carbons (Fsp3) is 1.00. The van der Waals surface area contributed by atoms with Crippen LogP contribution in [0.2, 0.25) is 0 Å². The van der Waals surface area contributed by atoms with Crippen LogP contribution in [0.4, 0.5) is 0 Å². The van der Waals surface area contributed by atoms with Gasteiger partial charge in [0.2, 0.25) is 0 Å². The smallest absolute Gasteiger partial charge is 0.0594 e. The van der Waals surface area contributed by atoms with Crippen LogP contribution in [-0.2, 0) is 4.74 Å². The second-order valence-electron chi connectivity index (χ2n) is 4.17. The maximum atomic E-state index is 5.31. The van der Waals surface area contributed by atoms with Crippen molar-refractivity contribution in [1.82, 2.24) is 9.80 Å². The number of nitrogens with zero attached hydrogens (tertiary/aromatic N) is 2. The second kappa shape index (κ2) is 4.40. The Morgan fingerprint density at radius 1 is 1.31 bits per heavy atom. The van der Waals surface area contributed by atoms with E-state index in [4.69, 9.17) is 4.74 Å². The van der Waals surface area contributed by atoms with Gasteiger partial charge in [0.05, 0.1) is 13.2 Å². The van der Waals surface area contributed by atoms with Crippen molar-refractivity contribution in [2.75, 3.05) is 46.4 Å². The van der Waals surface area contributed by atoms with Gasteiger partial charge in [-0.25, -0.2) is 0 Å². The highest BCUT2D eigenvalue weighted by molar-refractivity contribution is 4.82. The summed E-state index contributed by atoms with van der Waals surface area (Å²) in [5, 5.41) is 0. The molecule has 1 aliphatic carbocycles. The first kappa shape index (κ1) is 9.44. The normalized spacial score (nSPS) is 25.4. The van der Waals surface area contributed by atoms with E-state index < -0.39 is 0 Å². The summed E-state index contributed by atoms with van der Waals surface area (Å²) in [7, 11) is 2.25. The molecular formula is C10H20N2O. The zero-order chi connectivity index (χ0) is 9.10. The van der Waals surface area contributed by atoms with E-state index in [9.17, 15) is 0 Å². The molecule has 0 aromatic heterocycles. The standard InChI is InChI=1S/C10H20N2O/c1-11(10-2-3-10)4-5-12-6-8-13-9-7-12/h10H,2-9H2,1H3. The van der Waals surface area contributed by atoms with Crippen LogP contribution in [0.15, 0.2) is 0 Å². The summed E-state index contributed by atoms with van der Waals surface area (Å²) in [6.07, 6.45) is 2.83. The molecule has 13 heavy (non-hydrogen) atoms. The SMILES string of the molecule is CN(CCN1CCOCC1)C1CC1. The van der Waals surface area contributed by atoms with Crippen molar-refractivity contribution in [1.29, 1.82) is 0 Å². The predicted molar refractivity (Wildman–Crippen MR) is 52.9 cm³/mol. The Morgan fingerprint density at radius 3 is 2.62 bits per heavy atom. The van der Waals surface area contributed by atoms with Crippen LogP contribution in [0.1, 0.15) is 12.8 Å². The number of morpholine rings is 1. The van der Waals surface area contributed by atoms with Gasteiger partial charge in [0, 0.05) is 32.2 Å². The highest BCUT2D eigenvalue weighted by Crippen LogP contribution is 2.24. The van der Waals surface area contributed by atoms with E-state index in [2.05, 4.69) is 16.8 Å². The van der Waals surface area contributed by atoms with Crippen molar-refractivity contribution >= 4 is 0 Å². The largest absolute Gasteiger partial charge is 0.379 e. The summed E-state index contributed by atoms with van der Waals surface area (Å²) < 4.78 is 5.31. The molecule has 2 fully saturated rings. The first-order valence-corrected chi connectivity index (χ1v) is 5.36. The Bertz CT molecular complexity index is 153. The quantitative estimate of drug-likeness (QED) is 0.629. The number of hydrogen-bond acceptors (Lipinski definition) is 3.